The minimum absolute atomic E-state index is 0.295. The van der Waals surface area contributed by atoms with Crippen molar-refractivity contribution in [3.63, 3.8) is 0 Å². The number of imidazole rings is 1. The smallest absolute Gasteiger partial charge is 0.201 e. The lowest BCUT2D eigenvalue weighted by molar-refractivity contribution is 0.275. The summed E-state index contributed by atoms with van der Waals surface area (Å²) < 4.78 is 7.38. The van der Waals surface area contributed by atoms with E-state index in [1.54, 1.807) is 7.11 Å². The lowest BCUT2D eigenvalue weighted by Gasteiger charge is -2.27. The Balaban J connectivity index is 2.53. The molecule has 0 spiro atoms. The molecular formula is C15H24N4O. The van der Waals surface area contributed by atoms with Crippen molar-refractivity contribution in [1.82, 2.24) is 14.5 Å². The molecule has 1 heterocycles. The molecule has 2 rings (SSSR count). The minimum Gasteiger partial charge on any atom is -0.497 e. The van der Waals surface area contributed by atoms with Gasteiger partial charge in [-0.2, -0.15) is 0 Å². The molecule has 0 saturated carbocycles. The average molecular weight is 276 g/mol. The van der Waals surface area contributed by atoms with Crippen LogP contribution in [-0.2, 0) is 0 Å². The summed E-state index contributed by atoms with van der Waals surface area (Å²) in [6.45, 7) is 5.35. The van der Waals surface area contributed by atoms with E-state index in [0.717, 1.165) is 23.3 Å². The molecule has 110 valence electrons. The van der Waals surface area contributed by atoms with Crippen LogP contribution in [0.5, 0.6) is 5.75 Å². The van der Waals surface area contributed by atoms with E-state index >= 15 is 0 Å². The lowest BCUT2D eigenvalue weighted by Crippen LogP contribution is -2.28. The van der Waals surface area contributed by atoms with Crippen LogP contribution in [0.4, 0.5) is 5.95 Å². The Morgan fingerprint density at radius 1 is 1.35 bits per heavy atom. The molecule has 1 atom stereocenters. The van der Waals surface area contributed by atoms with Crippen LogP contribution in [0.15, 0.2) is 18.2 Å². The fourth-order valence-electron chi connectivity index (χ4n) is 2.54. The number of aromatic nitrogens is 2. The minimum atomic E-state index is 0.295. The van der Waals surface area contributed by atoms with E-state index in [1.165, 1.54) is 0 Å². The van der Waals surface area contributed by atoms with Crippen LogP contribution in [0.1, 0.15) is 19.9 Å². The zero-order chi connectivity index (χ0) is 14.9. The summed E-state index contributed by atoms with van der Waals surface area (Å²) in [7, 11) is 5.81. The van der Waals surface area contributed by atoms with Gasteiger partial charge in [-0.05, 0) is 32.1 Å². The molecule has 0 fully saturated rings. The van der Waals surface area contributed by atoms with E-state index in [-0.39, 0.29) is 0 Å². The maximum atomic E-state index is 6.15. The van der Waals surface area contributed by atoms with Gasteiger partial charge < -0.3 is 19.9 Å². The fourth-order valence-corrected chi connectivity index (χ4v) is 2.54. The molecule has 0 aliphatic heterocycles. The van der Waals surface area contributed by atoms with Crippen molar-refractivity contribution in [3.05, 3.63) is 18.2 Å². The third-order valence-corrected chi connectivity index (χ3v) is 3.58. The summed E-state index contributed by atoms with van der Waals surface area (Å²) in [6.07, 6.45) is 0. The molecule has 0 bridgehead atoms. The molecule has 2 aromatic rings. The Kier molecular flexibility index (Phi) is 4.18. The predicted molar refractivity (Wildman–Crippen MR) is 83.1 cm³/mol. The Bertz CT molecular complexity index is 589. The molecule has 1 aromatic heterocycles. The van der Waals surface area contributed by atoms with Crippen LogP contribution in [0.2, 0.25) is 0 Å². The number of nitrogens with zero attached hydrogens (tertiary/aromatic N) is 3. The number of rotatable bonds is 5. The number of benzene rings is 1. The maximum absolute atomic E-state index is 6.15. The summed E-state index contributed by atoms with van der Waals surface area (Å²) in [4.78, 5) is 6.65. The van der Waals surface area contributed by atoms with E-state index < -0.39 is 0 Å². The third kappa shape index (κ3) is 2.72. The maximum Gasteiger partial charge on any atom is 0.201 e. The molecule has 1 unspecified atom stereocenters. The standard InChI is InChI=1S/C15H24N4O/c1-10(2)14(9-18(3)4)19-13-7-6-11(20-5)8-12(13)17-15(19)16/h6-8,10,14H,9H2,1-5H3,(H2,16,17). The van der Waals surface area contributed by atoms with Crippen molar-refractivity contribution in [1.29, 1.82) is 0 Å². The fraction of sp³-hybridized carbons (Fsp3) is 0.533. The monoisotopic (exact) mass is 276 g/mol. The molecule has 2 N–H and O–H groups in total. The van der Waals surface area contributed by atoms with Crippen LogP contribution in [0, 0.1) is 5.92 Å². The topological polar surface area (TPSA) is 56.3 Å². The van der Waals surface area contributed by atoms with Crippen LogP contribution < -0.4 is 10.5 Å². The second-order valence-electron chi connectivity index (χ2n) is 5.77. The number of nitrogen functional groups attached to an aromatic ring is 1. The molecule has 0 radical (unpaired) electrons. The zero-order valence-electron chi connectivity index (χ0n) is 12.9. The van der Waals surface area contributed by atoms with Gasteiger partial charge in [0, 0.05) is 12.6 Å². The van der Waals surface area contributed by atoms with Gasteiger partial charge in [0.25, 0.3) is 0 Å². The van der Waals surface area contributed by atoms with E-state index in [9.17, 15) is 0 Å². The summed E-state index contributed by atoms with van der Waals surface area (Å²) in [5.74, 6) is 1.84. The zero-order valence-corrected chi connectivity index (χ0v) is 12.9. The quantitative estimate of drug-likeness (QED) is 0.911. The average Bonchev–Trinajstić information content (AvgIpc) is 2.70. The first-order valence-corrected chi connectivity index (χ1v) is 6.90. The van der Waals surface area contributed by atoms with Gasteiger partial charge in [0.05, 0.1) is 24.2 Å². The van der Waals surface area contributed by atoms with Crippen molar-refractivity contribution >= 4 is 17.0 Å². The number of ether oxygens (including phenoxy) is 1. The second kappa shape index (κ2) is 5.71. The van der Waals surface area contributed by atoms with Gasteiger partial charge in [-0.3, -0.25) is 0 Å². The first kappa shape index (κ1) is 14.7. The van der Waals surface area contributed by atoms with E-state index in [4.69, 9.17) is 10.5 Å². The van der Waals surface area contributed by atoms with Crippen LogP contribution in [0.3, 0.4) is 0 Å². The first-order chi connectivity index (χ1) is 9.43. The predicted octanol–water partition coefficient (Wildman–Crippen LogP) is 2.39. The highest BCUT2D eigenvalue weighted by atomic mass is 16.5. The van der Waals surface area contributed by atoms with Crippen molar-refractivity contribution in [3.8, 4) is 5.75 Å². The SMILES string of the molecule is COc1ccc2c(c1)nc(N)n2C(CN(C)C)C(C)C. The summed E-state index contributed by atoms with van der Waals surface area (Å²) in [5, 5.41) is 0. The van der Waals surface area contributed by atoms with Crippen LogP contribution in [0.25, 0.3) is 11.0 Å². The van der Waals surface area contributed by atoms with E-state index in [2.05, 4.69) is 42.4 Å². The largest absolute Gasteiger partial charge is 0.497 e. The Hall–Kier alpha value is -1.75. The Labute approximate surface area is 120 Å². The molecule has 0 aliphatic rings. The Morgan fingerprint density at radius 3 is 2.60 bits per heavy atom. The number of likely N-dealkylation sites (N-methyl/N-ethyl adjacent to an activating group) is 1. The number of hydrogen-bond donors (Lipinski definition) is 1. The van der Waals surface area contributed by atoms with Crippen LogP contribution in [-0.4, -0.2) is 42.2 Å². The summed E-state index contributed by atoms with van der Waals surface area (Å²) in [5.41, 5.74) is 8.09. The molecule has 0 aliphatic carbocycles. The van der Waals surface area contributed by atoms with Gasteiger partial charge in [-0.1, -0.05) is 13.8 Å². The molecule has 5 heteroatoms. The van der Waals surface area contributed by atoms with Gasteiger partial charge in [0.2, 0.25) is 5.95 Å². The molecule has 5 nitrogen and oxygen atoms in total. The number of hydrogen-bond acceptors (Lipinski definition) is 4. The number of anilines is 1. The van der Waals surface area contributed by atoms with E-state index in [1.807, 2.05) is 18.2 Å². The molecule has 1 aromatic carbocycles. The van der Waals surface area contributed by atoms with Gasteiger partial charge in [-0.15, -0.1) is 0 Å². The first-order valence-electron chi connectivity index (χ1n) is 6.90. The molecule has 0 saturated heterocycles. The van der Waals surface area contributed by atoms with E-state index in [0.29, 0.717) is 17.9 Å². The highest BCUT2D eigenvalue weighted by molar-refractivity contribution is 5.80. The molecular weight excluding hydrogens is 252 g/mol. The number of methoxy groups -OCH3 is 1. The van der Waals surface area contributed by atoms with Crippen LogP contribution >= 0.6 is 0 Å². The molecule has 0 amide bonds. The van der Waals surface area contributed by atoms with Crippen molar-refractivity contribution in [2.24, 2.45) is 5.92 Å². The van der Waals surface area contributed by atoms with Gasteiger partial charge in [0.1, 0.15) is 5.75 Å². The summed E-state index contributed by atoms with van der Waals surface area (Å²) in [6, 6.07) is 6.20. The van der Waals surface area contributed by atoms with Crippen molar-refractivity contribution in [2.75, 3.05) is 33.5 Å². The number of fused-ring (bicyclic) bond motifs is 1. The van der Waals surface area contributed by atoms with Crippen molar-refractivity contribution in [2.45, 2.75) is 19.9 Å². The normalized spacial score (nSPS) is 13.3. The Morgan fingerprint density at radius 2 is 2.05 bits per heavy atom. The van der Waals surface area contributed by atoms with Crippen molar-refractivity contribution < 1.29 is 4.74 Å². The lowest BCUT2D eigenvalue weighted by atomic mass is 10.0. The third-order valence-electron chi connectivity index (χ3n) is 3.58. The molecule has 20 heavy (non-hydrogen) atoms. The number of nitrogens with two attached hydrogens (primary N) is 1. The van der Waals surface area contributed by atoms with Gasteiger partial charge >= 0.3 is 0 Å². The van der Waals surface area contributed by atoms with Gasteiger partial charge in [-0.25, -0.2) is 4.98 Å². The second-order valence-corrected chi connectivity index (χ2v) is 5.77. The summed E-state index contributed by atoms with van der Waals surface area (Å²) >= 11 is 0. The highest BCUT2D eigenvalue weighted by Gasteiger charge is 2.21. The van der Waals surface area contributed by atoms with Gasteiger partial charge in [0.15, 0.2) is 0 Å². The highest BCUT2D eigenvalue weighted by Crippen LogP contribution is 2.29.